The SMILES string of the molecule is CCCCCNS(=O)(=O)c1ccc(F)c(N)c1. The molecule has 3 N–H and O–H groups in total. The van der Waals surface area contributed by atoms with Crippen LogP contribution in [-0.4, -0.2) is 15.0 Å². The molecular formula is C11H17FN2O2S. The Balaban J connectivity index is 2.72. The Bertz CT molecular complexity index is 474. The Kier molecular flexibility index (Phi) is 4.89. The fourth-order valence-electron chi connectivity index (χ4n) is 1.35. The van der Waals surface area contributed by atoms with Crippen LogP contribution in [0.4, 0.5) is 10.1 Å². The van der Waals surface area contributed by atoms with E-state index in [4.69, 9.17) is 5.73 Å². The van der Waals surface area contributed by atoms with Crippen molar-refractivity contribution in [1.82, 2.24) is 4.72 Å². The van der Waals surface area contributed by atoms with Crippen LogP contribution in [0.3, 0.4) is 0 Å². The first-order chi connectivity index (χ1) is 7.97. The zero-order valence-electron chi connectivity index (χ0n) is 9.74. The van der Waals surface area contributed by atoms with Crippen LogP contribution in [0.1, 0.15) is 26.2 Å². The number of nitrogen functional groups attached to an aromatic ring is 1. The van der Waals surface area contributed by atoms with E-state index < -0.39 is 15.8 Å². The zero-order valence-corrected chi connectivity index (χ0v) is 10.6. The van der Waals surface area contributed by atoms with E-state index >= 15 is 0 Å². The van der Waals surface area contributed by atoms with Gasteiger partial charge in [-0.25, -0.2) is 17.5 Å². The molecule has 96 valence electrons. The van der Waals surface area contributed by atoms with Crippen LogP contribution in [0.15, 0.2) is 23.1 Å². The van der Waals surface area contributed by atoms with Gasteiger partial charge in [-0.15, -0.1) is 0 Å². The van der Waals surface area contributed by atoms with Crippen molar-refractivity contribution in [2.24, 2.45) is 0 Å². The second-order valence-corrected chi connectivity index (χ2v) is 5.56. The van der Waals surface area contributed by atoms with Crippen LogP contribution in [0.25, 0.3) is 0 Å². The van der Waals surface area contributed by atoms with E-state index in [-0.39, 0.29) is 10.6 Å². The molecule has 1 aromatic carbocycles. The third-order valence-corrected chi connectivity index (χ3v) is 3.81. The Hall–Kier alpha value is -1.14. The summed E-state index contributed by atoms with van der Waals surface area (Å²) < 4.78 is 38.9. The highest BCUT2D eigenvalue weighted by Crippen LogP contribution is 2.16. The molecule has 0 bridgehead atoms. The zero-order chi connectivity index (χ0) is 12.9. The van der Waals surface area contributed by atoms with E-state index in [0.29, 0.717) is 6.54 Å². The normalized spacial score (nSPS) is 11.6. The molecule has 0 spiro atoms. The predicted octanol–water partition coefficient (Wildman–Crippen LogP) is 1.88. The van der Waals surface area contributed by atoms with E-state index in [1.807, 2.05) is 6.92 Å². The van der Waals surface area contributed by atoms with E-state index in [0.717, 1.165) is 31.4 Å². The maximum atomic E-state index is 12.9. The van der Waals surface area contributed by atoms with Gasteiger partial charge in [-0.1, -0.05) is 19.8 Å². The van der Waals surface area contributed by atoms with Crippen LogP contribution in [0.5, 0.6) is 0 Å². The van der Waals surface area contributed by atoms with Gasteiger partial charge in [0.1, 0.15) is 5.82 Å². The summed E-state index contributed by atoms with van der Waals surface area (Å²) in [7, 11) is -3.58. The van der Waals surface area contributed by atoms with Gasteiger partial charge in [0.15, 0.2) is 0 Å². The van der Waals surface area contributed by atoms with Gasteiger partial charge in [-0.3, -0.25) is 0 Å². The molecule has 0 amide bonds. The van der Waals surface area contributed by atoms with Gasteiger partial charge in [0, 0.05) is 6.54 Å². The molecule has 4 nitrogen and oxygen atoms in total. The van der Waals surface area contributed by atoms with Crippen molar-refractivity contribution in [2.75, 3.05) is 12.3 Å². The van der Waals surface area contributed by atoms with Crippen molar-refractivity contribution in [3.63, 3.8) is 0 Å². The lowest BCUT2D eigenvalue weighted by molar-refractivity contribution is 0.575. The summed E-state index contributed by atoms with van der Waals surface area (Å²) in [4.78, 5) is -0.00658. The summed E-state index contributed by atoms with van der Waals surface area (Å²) in [6.45, 7) is 2.42. The number of sulfonamides is 1. The molecule has 0 aromatic heterocycles. The lowest BCUT2D eigenvalue weighted by Crippen LogP contribution is -2.24. The number of hydrogen-bond acceptors (Lipinski definition) is 3. The number of nitrogens with one attached hydrogen (secondary N) is 1. The van der Waals surface area contributed by atoms with Crippen molar-refractivity contribution in [3.05, 3.63) is 24.0 Å². The smallest absolute Gasteiger partial charge is 0.240 e. The first-order valence-corrected chi connectivity index (χ1v) is 7.00. The molecule has 0 aliphatic heterocycles. The molecule has 0 fully saturated rings. The topological polar surface area (TPSA) is 72.2 Å². The Labute approximate surface area is 101 Å². The summed E-state index contributed by atoms with van der Waals surface area (Å²) in [5.41, 5.74) is 5.16. The number of benzene rings is 1. The number of anilines is 1. The third-order valence-electron chi connectivity index (χ3n) is 2.35. The molecule has 0 heterocycles. The number of unbranched alkanes of at least 4 members (excludes halogenated alkanes) is 2. The van der Waals surface area contributed by atoms with Gasteiger partial charge in [0.2, 0.25) is 10.0 Å². The van der Waals surface area contributed by atoms with Crippen LogP contribution in [0, 0.1) is 5.82 Å². The molecule has 0 atom stereocenters. The summed E-state index contributed by atoms with van der Waals surface area (Å²) in [6.07, 6.45) is 2.77. The standard InChI is InChI=1S/C11H17FN2O2S/c1-2-3-4-7-14-17(15,16)9-5-6-10(12)11(13)8-9/h5-6,8,14H,2-4,7,13H2,1H3. The minimum Gasteiger partial charge on any atom is -0.396 e. The molecule has 6 heteroatoms. The summed E-state index contributed by atoms with van der Waals surface area (Å²) in [6, 6.07) is 3.38. The molecule has 17 heavy (non-hydrogen) atoms. The fraction of sp³-hybridized carbons (Fsp3) is 0.455. The molecule has 1 rings (SSSR count). The highest BCUT2D eigenvalue weighted by molar-refractivity contribution is 7.89. The van der Waals surface area contributed by atoms with Crippen LogP contribution >= 0.6 is 0 Å². The third kappa shape index (κ3) is 3.98. The van der Waals surface area contributed by atoms with Crippen molar-refractivity contribution in [3.8, 4) is 0 Å². The van der Waals surface area contributed by atoms with E-state index in [2.05, 4.69) is 4.72 Å². The predicted molar refractivity (Wildman–Crippen MR) is 65.5 cm³/mol. The molecule has 0 aliphatic carbocycles. The average Bonchev–Trinajstić information content (AvgIpc) is 2.28. The van der Waals surface area contributed by atoms with Crippen LogP contribution in [-0.2, 0) is 10.0 Å². The molecular weight excluding hydrogens is 243 g/mol. The number of nitrogens with two attached hydrogens (primary N) is 1. The molecule has 1 aromatic rings. The van der Waals surface area contributed by atoms with Gasteiger partial charge in [-0.2, -0.15) is 0 Å². The van der Waals surface area contributed by atoms with Gasteiger partial charge in [0.25, 0.3) is 0 Å². The Morgan fingerprint density at radius 3 is 2.65 bits per heavy atom. The lowest BCUT2D eigenvalue weighted by Gasteiger charge is -2.07. The Morgan fingerprint density at radius 1 is 1.35 bits per heavy atom. The maximum Gasteiger partial charge on any atom is 0.240 e. The van der Waals surface area contributed by atoms with Gasteiger partial charge >= 0.3 is 0 Å². The monoisotopic (exact) mass is 260 g/mol. The molecule has 0 aliphatic rings. The van der Waals surface area contributed by atoms with Crippen molar-refractivity contribution < 1.29 is 12.8 Å². The van der Waals surface area contributed by atoms with Gasteiger partial charge < -0.3 is 5.73 Å². The summed E-state index contributed by atoms with van der Waals surface area (Å²) >= 11 is 0. The van der Waals surface area contributed by atoms with Crippen molar-refractivity contribution >= 4 is 15.7 Å². The quantitative estimate of drug-likeness (QED) is 0.606. The molecule has 0 unspecified atom stereocenters. The van der Waals surface area contributed by atoms with Crippen molar-refractivity contribution in [2.45, 2.75) is 31.1 Å². The van der Waals surface area contributed by atoms with Gasteiger partial charge in [0.05, 0.1) is 10.6 Å². The number of halogens is 1. The first kappa shape index (κ1) is 13.9. The molecule has 0 radical (unpaired) electrons. The number of hydrogen-bond donors (Lipinski definition) is 2. The van der Waals surface area contributed by atoms with Crippen LogP contribution < -0.4 is 10.5 Å². The minimum absolute atomic E-state index is 0.00658. The second kappa shape index (κ2) is 5.97. The number of rotatable bonds is 6. The van der Waals surface area contributed by atoms with E-state index in [1.54, 1.807) is 0 Å². The lowest BCUT2D eigenvalue weighted by atomic mass is 10.3. The first-order valence-electron chi connectivity index (χ1n) is 5.52. The molecule has 0 saturated carbocycles. The fourth-order valence-corrected chi connectivity index (χ4v) is 2.46. The largest absolute Gasteiger partial charge is 0.396 e. The molecule has 0 saturated heterocycles. The van der Waals surface area contributed by atoms with E-state index in [9.17, 15) is 12.8 Å². The second-order valence-electron chi connectivity index (χ2n) is 3.79. The van der Waals surface area contributed by atoms with Crippen molar-refractivity contribution in [1.29, 1.82) is 0 Å². The Morgan fingerprint density at radius 2 is 2.06 bits per heavy atom. The summed E-state index contributed by atoms with van der Waals surface area (Å²) in [5.74, 6) is -0.616. The average molecular weight is 260 g/mol. The highest BCUT2D eigenvalue weighted by atomic mass is 32.2. The highest BCUT2D eigenvalue weighted by Gasteiger charge is 2.14. The van der Waals surface area contributed by atoms with Crippen LogP contribution in [0.2, 0.25) is 0 Å². The summed E-state index contributed by atoms with van der Waals surface area (Å²) in [5, 5.41) is 0. The maximum absolute atomic E-state index is 12.9. The van der Waals surface area contributed by atoms with Gasteiger partial charge in [-0.05, 0) is 24.6 Å². The van der Waals surface area contributed by atoms with E-state index in [1.165, 1.54) is 6.07 Å². The minimum atomic E-state index is -3.58.